The molecule has 140 valence electrons. The van der Waals surface area contributed by atoms with Gasteiger partial charge in [-0.15, -0.1) is 0 Å². The minimum Gasteiger partial charge on any atom is -0.460 e. The van der Waals surface area contributed by atoms with Crippen molar-refractivity contribution in [2.24, 2.45) is 0 Å². The normalized spacial score (nSPS) is 15.9. The van der Waals surface area contributed by atoms with Gasteiger partial charge in [0.15, 0.2) is 11.6 Å². The first kappa shape index (κ1) is 17.0. The molecule has 0 amide bonds. The lowest BCUT2D eigenvalue weighted by Gasteiger charge is -2.07. The molecular weight excluding hydrogens is 352 g/mol. The molecule has 0 unspecified atom stereocenters. The molecule has 0 atom stereocenters. The number of fused-ring (bicyclic) bond motifs is 6. The third kappa shape index (κ3) is 2.76. The van der Waals surface area contributed by atoms with Crippen molar-refractivity contribution in [3.05, 3.63) is 71.2 Å². The van der Waals surface area contributed by atoms with E-state index in [1.165, 1.54) is 0 Å². The molecule has 4 heteroatoms. The van der Waals surface area contributed by atoms with Crippen LogP contribution in [0, 0.1) is 0 Å². The number of hydrogen-bond donors (Lipinski definition) is 0. The Morgan fingerprint density at radius 3 is 1.46 bits per heavy atom. The molecule has 0 saturated heterocycles. The SMILES string of the molecule is O=C1CCCc2oc3ccccc3c21.O=C1CCCc2oc3ccccc3c21. The fraction of sp³-hybridized carbons (Fsp3) is 0.250. The van der Waals surface area contributed by atoms with Crippen molar-refractivity contribution in [2.45, 2.75) is 38.5 Å². The molecule has 2 aromatic carbocycles. The van der Waals surface area contributed by atoms with Crippen molar-refractivity contribution in [1.29, 1.82) is 0 Å². The summed E-state index contributed by atoms with van der Waals surface area (Å²) < 4.78 is 11.3. The molecule has 6 rings (SSSR count). The van der Waals surface area contributed by atoms with Crippen LogP contribution in [0.5, 0.6) is 0 Å². The third-order valence-corrected chi connectivity index (χ3v) is 5.51. The van der Waals surface area contributed by atoms with E-state index < -0.39 is 0 Å². The van der Waals surface area contributed by atoms with Crippen LogP contribution in [-0.4, -0.2) is 11.6 Å². The smallest absolute Gasteiger partial charge is 0.167 e. The van der Waals surface area contributed by atoms with E-state index in [1.54, 1.807) is 0 Å². The molecule has 0 aliphatic heterocycles. The fourth-order valence-corrected chi connectivity index (χ4v) is 4.22. The number of ketones is 2. The lowest BCUT2D eigenvalue weighted by atomic mass is 9.95. The second-order valence-corrected chi connectivity index (χ2v) is 7.35. The summed E-state index contributed by atoms with van der Waals surface area (Å²) in [5.74, 6) is 2.22. The second kappa shape index (κ2) is 6.79. The van der Waals surface area contributed by atoms with Crippen molar-refractivity contribution in [3.63, 3.8) is 0 Å². The fourth-order valence-electron chi connectivity index (χ4n) is 4.22. The van der Waals surface area contributed by atoms with Gasteiger partial charge in [-0.3, -0.25) is 9.59 Å². The Kier molecular flexibility index (Phi) is 4.12. The summed E-state index contributed by atoms with van der Waals surface area (Å²) >= 11 is 0. The van der Waals surface area contributed by atoms with Gasteiger partial charge < -0.3 is 8.83 Å². The predicted molar refractivity (Wildman–Crippen MR) is 107 cm³/mol. The van der Waals surface area contributed by atoms with Crippen LogP contribution in [0.4, 0.5) is 0 Å². The average Bonchev–Trinajstić information content (AvgIpc) is 3.28. The molecule has 2 aromatic heterocycles. The Bertz CT molecular complexity index is 1110. The van der Waals surface area contributed by atoms with E-state index in [4.69, 9.17) is 8.83 Å². The van der Waals surface area contributed by atoms with E-state index in [0.29, 0.717) is 12.8 Å². The zero-order valence-electron chi connectivity index (χ0n) is 15.5. The first-order valence-corrected chi connectivity index (χ1v) is 9.79. The highest BCUT2D eigenvalue weighted by Gasteiger charge is 2.24. The molecule has 2 aliphatic carbocycles. The number of furan rings is 2. The van der Waals surface area contributed by atoms with Crippen molar-refractivity contribution in [1.82, 2.24) is 0 Å². The molecule has 2 aliphatic rings. The molecule has 0 spiro atoms. The Labute approximate surface area is 162 Å². The molecule has 2 heterocycles. The number of carbonyl (C=O) groups is 2. The highest BCUT2D eigenvalue weighted by molar-refractivity contribution is 6.09. The number of carbonyl (C=O) groups excluding carboxylic acids is 2. The van der Waals surface area contributed by atoms with Gasteiger partial charge in [-0.1, -0.05) is 36.4 Å². The highest BCUT2D eigenvalue weighted by Crippen LogP contribution is 2.32. The van der Waals surface area contributed by atoms with Gasteiger partial charge in [0.1, 0.15) is 22.7 Å². The summed E-state index contributed by atoms with van der Waals surface area (Å²) in [6.07, 6.45) is 4.97. The van der Waals surface area contributed by atoms with Crippen molar-refractivity contribution in [3.8, 4) is 0 Å². The molecule has 0 bridgehead atoms. The van der Waals surface area contributed by atoms with Crippen LogP contribution >= 0.6 is 0 Å². The van der Waals surface area contributed by atoms with Gasteiger partial charge in [-0.2, -0.15) is 0 Å². The van der Waals surface area contributed by atoms with E-state index in [0.717, 1.165) is 70.3 Å². The quantitative estimate of drug-likeness (QED) is 0.385. The monoisotopic (exact) mass is 372 g/mol. The molecule has 0 fully saturated rings. The van der Waals surface area contributed by atoms with Gasteiger partial charge in [0.25, 0.3) is 0 Å². The molecule has 4 nitrogen and oxygen atoms in total. The molecule has 0 saturated carbocycles. The maximum atomic E-state index is 11.7. The summed E-state index contributed by atoms with van der Waals surface area (Å²) in [5, 5.41) is 1.96. The van der Waals surface area contributed by atoms with Crippen molar-refractivity contribution in [2.75, 3.05) is 0 Å². The number of benzene rings is 2. The van der Waals surface area contributed by atoms with Crippen LogP contribution in [0.15, 0.2) is 57.4 Å². The molecule has 28 heavy (non-hydrogen) atoms. The zero-order chi connectivity index (χ0) is 19.1. The standard InChI is InChI=1S/2C12H10O2/c2*13-9-5-3-7-11-12(9)8-4-1-2-6-10(8)14-11/h2*1-2,4,6H,3,5,7H2. The van der Waals surface area contributed by atoms with Crippen molar-refractivity contribution < 1.29 is 18.4 Å². The summed E-state index contributed by atoms with van der Waals surface area (Å²) in [7, 11) is 0. The lowest BCUT2D eigenvalue weighted by molar-refractivity contribution is 0.0962. The summed E-state index contributed by atoms with van der Waals surface area (Å²) in [6, 6.07) is 15.5. The van der Waals surface area contributed by atoms with E-state index >= 15 is 0 Å². The van der Waals surface area contributed by atoms with E-state index in [9.17, 15) is 9.59 Å². The van der Waals surface area contributed by atoms with Crippen LogP contribution in [0.2, 0.25) is 0 Å². The minimum absolute atomic E-state index is 0.233. The first-order chi connectivity index (χ1) is 13.7. The predicted octanol–water partition coefficient (Wildman–Crippen LogP) is 5.90. The molecular formula is C24H20O4. The van der Waals surface area contributed by atoms with Gasteiger partial charge in [-0.25, -0.2) is 0 Å². The number of aryl methyl sites for hydroxylation is 2. The average molecular weight is 372 g/mol. The number of hydrogen-bond acceptors (Lipinski definition) is 4. The van der Waals surface area contributed by atoms with E-state index in [1.807, 2.05) is 48.5 Å². The number of Topliss-reactive ketones (excluding diaryl/α,β-unsaturated/α-hetero) is 2. The maximum absolute atomic E-state index is 11.7. The lowest BCUT2D eigenvalue weighted by Crippen LogP contribution is -2.07. The third-order valence-electron chi connectivity index (χ3n) is 5.51. The molecule has 0 N–H and O–H groups in total. The van der Waals surface area contributed by atoms with Crippen LogP contribution in [0.25, 0.3) is 21.9 Å². The van der Waals surface area contributed by atoms with Gasteiger partial charge in [0, 0.05) is 36.5 Å². The maximum Gasteiger partial charge on any atom is 0.167 e. The van der Waals surface area contributed by atoms with Gasteiger partial charge in [0.05, 0.1) is 11.1 Å². The zero-order valence-corrected chi connectivity index (χ0v) is 15.5. The van der Waals surface area contributed by atoms with Gasteiger partial charge in [-0.05, 0) is 25.0 Å². The summed E-state index contributed by atoms with van der Waals surface area (Å²) in [5.41, 5.74) is 3.33. The first-order valence-electron chi connectivity index (χ1n) is 9.79. The molecule has 0 radical (unpaired) electrons. The highest BCUT2D eigenvalue weighted by atomic mass is 16.3. The van der Waals surface area contributed by atoms with Crippen molar-refractivity contribution >= 4 is 33.5 Å². The van der Waals surface area contributed by atoms with E-state index in [-0.39, 0.29) is 11.6 Å². The van der Waals surface area contributed by atoms with Crippen LogP contribution in [0.1, 0.15) is 57.9 Å². The number of rotatable bonds is 0. The summed E-state index contributed by atoms with van der Waals surface area (Å²) in [4.78, 5) is 23.4. The Hall–Kier alpha value is -3.14. The minimum atomic E-state index is 0.233. The Morgan fingerprint density at radius 2 is 1.00 bits per heavy atom. The number of para-hydroxylation sites is 2. The summed E-state index contributed by atoms with van der Waals surface area (Å²) in [6.45, 7) is 0. The van der Waals surface area contributed by atoms with E-state index in [2.05, 4.69) is 0 Å². The Morgan fingerprint density at radius 1 is 0.571 bits per heavy atom. The largest absolute Gasteiger partial charge is 0.460 e. The second-order valence-electron chi connectivity index (χ2n) is 7.35. The van der Waals surface area contributed by atoms with Crippen LogP contribution < -0.4 is 0 Å². The molecule has 4 aromatic rings. The van der Waals surface area contributed by atoms with Gasteiger partial charge in [0.2, 0.25) is 0 Å². The van der Waals surface area contributed by atoms with Crippen LogP contribution in [0.3, 0.4) is 0 Å². The topological polar surface area (TPSA) is 60.4 Å². The van der Waals surface area contributed by atoms with Gasteiger partial charge >= 0.3 is 0 Å². The Balaban J connectivity index is 0.000000122. The van der Waals surface area contributed by atoms with Crippen LogP contribution in [-0.2, 0) is 12.8 Å².